The Morgan fingerprint density at radius 1 is 1.11 bits per heavy atom. The molecule has 0 bridgehead atoms. The summed E-state index contributed by atoms with van der Waals surface area (Å²) in [4.78, 5) is 18.5. The predicted molar refractivity (Wildman–Crippen MR) is 117 cm³/mol. The summed E-state index contributed by atoms with van der Waals surface area (Å²) in [5.41, 5.74) is -1.69. The number of alkyl halides is 3. The van der Waals surface area contributed by atoms with Gasteiger partial charge in [-0.15, -0.1) is 0 Å². The normalized spacial score (nSPS) is 19.1. The molecule has 0 unspecified atom stereocenters. The first-order valence-electron chi connectivity index (χ1n) is 11.0. The van der Waals surface area contributed by atoms with Gasteiger partial charge >= 0.3 is 11.9 Å². The van der Waals surface area contributed by atoms with E-state index in [1.165, 1.54) is 4.57 Å². The summed E-state index contributed by atoms with van der Waals surface area (Å²) in [7, 11) is 0. The Morgan fingerprint density at radius 3 is 2.47 bits per heavy atom. The third-order valence-corrected chi connectivity index (χ3v) is 6.11. The van der Waals surface area contributed by atoms with E-state index in [1.54, 1.807) is 6.07 Å². The van der Waals surface area contributed by atoms with Crippen LogP contribution in [-0.2, 0) is 24.1 Å². The molecule has 3 aromatic rings. The van der Waals surface area contributed by atoms with Gasteiger partial charge < -0.3 is 19.1 Å². The molecule has 1 fully saturated rings. The minimum Gasteiger partial charge on any atom is -0.473 e. The zero-order chi connectivity index (χ0) is 25.7. The van der Waals surface area contributed by atoms with E-state index in [-0.39, 0.29) is 29.3 Å². The molecule has 3 heterocycles. The Balaban J connectivity index is 1.30. The molecule has 5 rings (SSSR count). The van der Waals surface area contributed by atoms with Crippen molar-refractivity contribution in [3.8, 4) is 17.4 Å². The molecule has 1 saturated heterocycles. The minimum atomic E-state index is -4.54. The van der Waals surface area contributed by atoms with Crippen molar-refractivity contribution in [2.45, 2.75) is 31.8 Å². The molecule has 0 radical (unpaired) electrons. The van der Waals surface area contributed by atoms with E-state index in [9.17, 15) is 26.7 Å². The van der Waals surface area contributed by atoms with Gasteiger partial charge in [0.15, 0.2) is 17.4 Å². The lowest BCUT2D eigenvalue weighted by Crippen LogP contribution is -2.53. The quantitative estimate of drug-likeness (QED) is 0.472. The number of fused-ring (bicyclic) bond motifs is 3. The number of hydrogen-bond donors (Lipinski definition) is 0. The van der Waals surface area contributed by atoms with Gasteiger partial charge in [-0.25, -0.2) is 13.6 Å². The summed E-state index contributed by atoms with van der Waals surface area (Å²) < 4.78 is 85.0. The molecule has 12 heteroatoms. The van der Waals surface area contributed by atoms with Crippen LogP contribution < -0.4 is 20.1 Å². The van der Waals surface area contributed by atoms with Crippen molar-refractivity contribution in [3.05, 3.63) is 75.7 Å². The maximum atomic E-state index is 14.6. The van der Waals surface area contributed by atoms with Crippen LogP contribution in [0, 0.1) is 11.6 Å². The van der Waals surface area contributed by atoms with Crippen molar-refractivity contribution < 1.29 is 36.2 Å². The van der Waals surface area contributed by atoms with Gasteiger partial charge in [-0.2, -0.15) is 18.2 Å². The molecule has 0 spiro atoms. The summed E-state index contributed by atoms with van der Waals surface area (Å²) in [6.07, 6.45) is -4.54. The van der Waals surface area contributed by atoms with E-state index in [2.05, 4.69) is 9.88 Å². The van der Waals surface area contributed by atoms with Crippen molar-refractivity contribution in [2.24, 2.45) is 0 Å². The maximum absolute atomic E-state index is 14.6. The highest BCUT2D eigenvalue weighted by atomic mass is 19.4. The molecule has 0 saturated carbocycles. The average molecular weight is 509 g/mol. The highest BCUT2D eigenvalue weighted by molar-refractivity contribution is 5.50. The van der Waals surface area contributed by atoms with Gasteiger partial charge in [0.25, 0.3) is 0 Å². The second-order valence-corrected chi connectivity index (χ2v) is 8.82. The van der Waals surface area contributed by atoms with E-state index >= 15 is 0 Å². The van der Waals surface area contributed by atoms with Gasteiger partial charge in [0.1, 0.15) is 18.2 Å². The molecule has 0 aliphatic carbocycles. The number of anilines is 1. The lowest BCUT2D eigenvalue weighted by Gasteiger charge is -2.39. The molecule has 1 aromatic heterocycles. The smallest absolute Gasteiger partial charge is 0.416 e. The molecule has 2 aliphatic rings. The summed E-state index contributed by atoms with van der Waals surface area (Å²) in [6.45, 7) is 3.69. The second kappa shape index (κ2) is 8.77. The fourth-order valence-corrected chi connectivity index (χ4v) is 4.36. The highest BCUT2D eigenvalue weighted by Gasteiger charge is 2.43. The zero-order valence-corrected chi connectivity index (χ0v) is 18.9. The van der Waals surface area contributed by atoms with Gasteiger partial charge in [-0.3, -0.25) is 4.57 Å². The average Bonchev–Trinajstić information content (AvgIpc) is 3.13. The highest BCUT2D eigenvalue weighted by Crippen LogP contribution is 2.36. The monoisotopic (exact) mass is 509 g/mol. The summed E-state index contributed by atoms with van der Waals surface area (Å²) in [5, 5.41) is 0. The van der Waals surface area contributed by atoms with Crippen LogP contribution in [-0.4, -0.2) is 34.8 Å². The first-order chi connectivity index (χ1) is 17.0. The van der Waals surface area contributed by atoms with Crippen LogP contribution in [0.1, 0.15) is 18.1 Å². The number of benzene rings is 2. The Bertz CT molecular complexity index is 1340. The van der Waals surface area contributed by atoms with Gasteiger partial charge in [0, 0.05) is 12.6 Å². The first-order valence-corrected chi connectivity index (χ1v) is 11.0. The Labute approximate surface area is 201 Å². The minimum absolute atomic E-state index is 0.00730. The SMILES string of the molecule is C[C@@]12COCCN1c1cc(OCc3cc(F)c(Oc4ccc(C(F)(F)F)cc4)c(F)c3)nc(=O)n1C2. The van der Waals surface area contributed by atoms with E-state index < -0.39 is 34.8 Å². The van der Waals surface area contributed by atoms with Crippen molar-refractivity contribution in [1.82, 2.24) is 9.55 Å². The summed E-state index contributed by atoms with van der Waals surface area (Å²) >= 11 is 0. The fourth-order valence-electron chi connectivity index (χ4n) is 4.36. The van der Waals surface area contributed by atoms with Crippen molar-refractivity contribution in [3.63, 3.8) is 0 Å². The molecule has 0 N–H and O–H groups in total. The lowest BCUT2D eigenvalue weighted by atomic mass is 10.0. The standard InChI is InChI=1S/C24H20F5N3O4/c1-23-12-31-20(32(23)6-7-34-13-23)10-19(30-22(31)33)35-11-14-8-17(25)21(18(26)9-14)36-16-4-2-15(3-5-16)24(27,28)29/h2-5,8-10H,6-7,11-13H2,1H3/t23-/m1/s1. The third kappa shape index (κ3) is 4.48. The summed E-state index contributed by atoms with van der Waals surface area (Å²) in [6, 6.07) is 6.99. The van der Waals surface area contributed by atoms with Crippen LogP contribution >= 0.6 is 0 Å². The van der Waals surface area contributed by atoms with Crippen LogP contribution in [0.4, 0.5) is 27.8 Å². The van der Waals surface area contributed by atoms with Crippen molar-refractivity contribution >= 4 is 5.82 Å². The van der Waals surface area contributed by atoms with Gasteiger partial charge in [-0.1, -0.05) is 0 Å². The third-order valence-electron chi connectivity index (χ3n) is 6.11. The largest absolute Gasteiger partial charge is 0.473 e. The van der Waals surface area contributed by atoms with Crippen LogP contribution in [0.2, 0.25) is 0 Å². The molecular weight excluding hydrogens is 489 g/mol. The zero-order valence-electron chi connectivity index (χ0n) is 18.9. The van der Waals surface area contributed by atoms with Crippen LogP contribution in [0.25, 0.3) is 0 Å². The van der Waals surface area contributed by atoms with Crippen LogP contribution in [0.3, 0.4) is 0 Å². The lowest BCUT2D eigenvalue weighted by molar-refractivity contribution is -0.137. The maximum Gasteiger partial charge on any atom is 0.416 e. The van der Waals surface area contributed by atoms with E-state index in [1.807, 2.05) is 6.92 Å². The second-order valence-electron chi connectivity index (χ2n) is 8.82. The van der Waals surface area contributed by atoms with Gasteiger partial charge in [0.2, 0.25) is 5.88 Å². The Hall–Kier alpha value is -3.67. The molecule has 0 amide bonds. The topological polar surface area (TPSA) is 65.8 Å². The molecule has 190 valence electrons. The number of hydrogen-bond acceptors (Lipinski definition) is 6. The molecule has 7 nitrogen and oxygen atoms in total. The number of aromatic nitrogens is 2. The molecule has 1 atom stereocenters. The Morgan fingerprint density at radius 2 is 1.81 bits per heavy atom. The number of rotatable bonds is 5. The number of morpholine rings is 1. The van der Waals surface area contributed by atoms with E-state index in [4.69, 9.17) is 14.2 Å². The predicted octanol–water partition coefficient (Wildman–Crippen LogP) is 4.52. The Kier molecular flexibility index (Phi) is 5.86. The first kappa shape index (κ1) is 24.0. The van der Waals surface area contributed by atoms with Crippen LogP contribution in [0.5, 0.6) is 17.4 Å². The molecular formula is C24H20F5N3O4. The molecule has 36 heavy (non-hydrogen) atoms. The fraction of sp³-hybridized carbons (Fsp3) is 0.333. The van der Waals surface area contributed by atoms with Gasteiger partial charge in [0.05, 0.1) is 30.9 Å². The van der Waals surface area contributed by atoms with Crippen molar-refractivity contribution in [2.75, 3.05) is 24.7 Å². The van der Waals surface area contributed by atoms with Crippen molar-refractivity contribution in [1.29, 1.82) is 0 Å². The number of nitrogens with zero attached hydrogens (tertiary/aromatic N) is 3. The number of ether oxygens (including phenoxy) is 3. The van der Waals surface area contributed by atoms with E-state index in [0.717, 1.165) is 36.4 Å². The number of halogens is 5. The van der Waals surface area contributed by atoms with E-state index in [0.29, 0.717) is 32.1 Å². The molecule has 2 aromatic carbocycles. The van der Waals surface area contributed by atoms with Crippen LogP contribution in [0.15, 0.2) is 47.3 Å². The van der Waals surface area contributed by atoms with Gasteiger partial charge in [-0.05, 0) is 48.9 Å². The summed E-state index contributed by atoms with van der Waals surface area (Å²) in [5.74, 6) is -2.43. The molecule has 2 aliphatic heterocycles.